The van der Waals surface area contributed by atoms with Gasteiger partial charge in [0.25, 0.3) is 0 Å². The van der Waals surface area contributed by atoms with Crippen molar-refractivity contribution in [3.8, 4) is 0 Å². The van der Waals surface area contributed by atoms with Crippen LogP contribution in [0, 0.1) is 6.92 Å². The molecule has 0 atom stereocenters. The molecule has 1 radical (unpaired) electrons. The van der Waals surface area contributed by atoms with Crippen LogP contribution in [0.4, 0.5) is 0 Å². The number of hydrogen-bond acceptors (Lipinski definition) is 1. The average molecular weight is 157 g/mol. The van der Waals surface area contributed by atoms with E-state index in [4.69, 9.17) is 0 Å². The van der Waals surface area contributed by atoms with E-state index in [1.54, 1.807) is 0 Å². The fourth-order valence-electron chi connectivity index (χ4n) is 0.733. The van der Waals surface area contributed by atoms with Crippen LogP contribution in [0.3, 0.4) is 0 Å². The van der Waals surface area contributed by atoms with Gasteiger partial charge in [-0.2, -0.15) is 11.8 Å². The second kappa shape index (κ2) is 7.20. The highest BCUT2D eigenvalue weighted by atomic mass is 32.2. The van der Waals surface area contributed by atoms with Crippen LogP contribution in [0.2, 0.25) is 0 Å². The molecule has 0 unspecified atom stereocenters. The largest absolute Gasteiger partial charge is 0.162 e. The Morgan fingerprint density at radius 2 is 2.10 bits per heavy atom. The highest BCUT2D eigenvalue weighted by molar-refractivity contribution is 7.99. The minimum absolute atomic E-state index is 1.01. The van der Waals surface area contributed by atoms with Crippen molar-refractivity contribution in [2.75, 3.05) is 11.5 Å². The Hall–Kier alpha value is 0.0900. The highest BCUT2D eigenvalue weighted by Crippen LogP contribution is 2.08. The maximum absolute atomic E-state index is 3.85. The summed E-state index contributed by atoms with van der Waals surface area (Å²) in [5.74, 6) is 2.27. The molecule has 10 heavy (non-hydrogen) atoms. The summed E-state index contributed by atoms with van der Waals surface area (Å²) in [6, 6.07) is 0. The van der Waals surface area contributed by atoms with Gasteiger partial charge in [0.2, 0.25) is 0 Å². The first-order valence-corrected chi connectivity index (χ1v) is 4.94. The van der Waals surface area contributed by atoms with Gasteiger partial charge in [-0.25, -0.2) is 0 Å². The van der Waals surface area contributed by atoms with Crippen molar-refractivity contribution in [3.05, 3.63) is 19.1 Å². The van der Waals surface area contributed by atoms with Crippen LogP contribution in [-0.2, 0) is 0 Å². The third-order valence-corrected chi connectivity index (χ3v) is 2.15. The van der Waals surface area contributed by atoms with E-state index in [2.05, 4.69) is 20.4 Å². The Balaban J connectivity index is 2.84. The molecule has 0 aromatic carbocycles. The van der Waals surface area contributed by atoms with Gasteiger partial charge in [0.15, 0.2) is 0 Å². The summed E-state index contributed by atoms with van der Waals surface area (Å²) in [5.41, 5.74) is 1.31. The molecule has 0 amide bonds. The lowest BCUT2D eigenvalue weighted by Crippen LogP contribution is -1.82. The minimum atomic E-state index is 1.01. The molecular formula is C9H17S. The molecule has 0 saturated heterocycles. The predicted octanol–water partition coefficient (Wildman–Crippen LogP) is 3.30. The van der Waals surface area contributed by atoms with E-state index in [-0.39, 0.29) is 0 Å². The number of allylic oxidation sites excluding steroid dienone is 1. The van der Waals surface area contributed by atoms with Crippen molar-refractivity contribution in [3.63, 3.8) is 0 Å². The van der Waals surface area contributed by atoms with Crippen molar-refractivity contribution in [1.29, 1.82) is 0 Å². The second-order valence-electron chi connectivity index (χ2n) is 2.53. The molecule has 0 bridgehead atoms. The molecule has 59 valence electrons. The predicted molar refractivity (Wildman–Crippen MR) is 51.3 cm³/mol. The van der Waals surface area contributed by atoms with Crippen LogP contribution in [0.25, 0.3) is 0 Å². The van der Waals surface area contributed by atoms with Gasteiger partial charge in [-0.05, 0) is 44.6 Å². The monoisotopic (exact) mass is 157 g/mol. The molecule has 0 aliphatic rings. The molecule has 0 saturated carbocycles. The second-order valence-corrected chi connectivity index (χ2v) is 3.75. The molecule has 0 rings (SSSR count). The zero-order valence-corrected chi connectivity index (χ0v) is 7.67. The van der Waals surface area contributed by atoms with Gasteiger partial charge >= 0.3 is 0 Å². The Bertz CT molecular complexity index is 86.7. The number of unbranched alkanes of at least 4 members (excludes halogenated alkanes) is 1. The molecule has 0 spiro atoms. The molecule has 0 fully saturated rings. The molecule has 0 nitrogen and oxygen atoms in total. The molecule has 0 aliphatic carbocycles. The van der Waals surface area contributed by atoms with E-state index >= 15 is 0 Å². The Kier molecular flexibility index (Phi) is 7.26. The summed E-state index contributed by atoms with van der Waals surface area (Å²) in [6.07, 6.45) is 3.80. The Morgan fingerprint density at radius 3 is 2.60 bits per heavy atom. The topological polar surface area (TPSA) is 0 Å². The Morgan fingerprint density at radius 1 is 1.40 bits per heavy atom. The standard InChI is InChI=1S/C9H17S/c1-4-10-8-6-5-7-9(2)3/h1-2,4-8H2,3H3. The summed E-state index contributed by atoms with van der Waals surface area (Å²) in [5, 5.41) is 0. The lowest BCUT2D eigenvalue weighted by atomic mass is 10.2. The summed E-state index contributed by atoms with van der Waals surface area (Å²) in [7, 11) is 0. The molecular weight excluding hydrogens is 140 g/mol. The maximum Gasteiger partial charge on any atom is -0.00672 e. The van der Waals surface area contributed by atoms with Crippen molar-refractivity contribution < 1.29 is 0 Å². The first-order chi connectivity index (χ1) is 4.77. The zero-order chi connectivity index (χ0) is 7.82. The van der Waals surface area contributed by atoms with E-state index in [1.807, 2.05) is 11.8 Å². The van der Waals surface area contributed by atoms with E-state index in [1.165, 1.54) is 30.6 Å². The number of thioether (sulfide) groups is 1. The van der Waals surface area contributed by atoms with E-state index < -0.39 is 0 Å². The van der Waals surface area contributed by atoms with Gasteiger partial charge in [-0.1, -0.05) is 5.57 Å². The molecule has 0 N–H and O–H groups in total. The van der Waals surface area contributed by atoms with Crippen LogP contribution in [0.5, 0.6) is 0 Å². The van der Waals surface area contributed by atoms with Gasteiger partial charge in [-0.3, -0.25) is 0 Å². The third-order valence-electron chi connectivity index (χ3n) is 1.29. The van der Waals surface area contributed by atoms with Crippen molar-refractivity contribution in [2.45, 2.75) is 26.2 Å². The average Bonchev–Trinajstić information content (AvgIpc) is 1.87. The van der Waals surface area contributed by atoms with Gasteiger partial charge in [-0.15, -0.1) is 6.58 Å². The minimum Gasteiger partial charge on any atom is -0.162 e. The fourth-order valence-corrected chi connectivity index (χ4v) is 1.35. The highest BCUT2D eigenvalue weighted by Gasteiger charge is 1.88. The van der Waals surface area contributed by atoms with E-state index in [0.717, 1.165) is 5.75 Å². The van der Waals surface area contributed by atoms with Gasteiger partial charge in [0.05, 0.1) is 0 Å². The van der Waals surface area contributed by atoms with Crippen molar-refractivity contribution in [2.24, 2.45) is 0 Å². The molecule has 0 aliphatic heterocycles. The van der Waals surface area contributed by atoms with Crippen molar-refractivity contribution in [1.82, 2.24) is 0 Å². The summed E-state index contributed by atoms with van der Waals surface area (Å²) >= 11 is 1.92. The molecule has 0 aromatic heterocycles. The number of hydrogen-bond donors (Lipinski definition) is 0. The van der Waals surface area contributed by atoms with Crippen molar-refractivity contribution >= 4 is 11.8 Å². The van der Waals surface area contributed by atoms with Crippen LogP contribution in [0.15, 0.2) is 12.2 Å². The van der Waals surface area contributed by atoms with Crippen LogP contribution < -0.4 is 0 Å². The van der Waals surface area contributed by atoms with Gasteiger partial charge in [0, 0.05) is 0 Å². The smallest absolute Gasteiger partial charge is 0.00672 e. The first kappa shape index (κ1) is 10.1. The van der Waals surface area contributed by atoms with Gasteiger partial charge < -0.3 is 0 Å². The van der Waals surface area contributed by atoms with Gasteiger partial charge in [0.1, 0.15) is 0 Å². The normalized spacial score (nSPS) is 9.80. The SMILES string of the molecule is [CH2]CSCCCCC(=C)C. The lowest BCUT2D eigenvalue weighted by molar-refractivity contribution is 0.797. The van der Waals surface area contributed by atoms with Crippen LogP contribution in [-0.4, -0.2) is 11.5 Å². The Labute approximate surface area is 69.1 Å². The number of rotatable bonds is 6. The first-order valence-electron chi connectivity index (χ1n) is 3.78. The van der Waals surface area contributed by atoms with E-state index in [0.29, 0.717) is 0 Å². The molecule has 1 heteroatoms. The van der Waals surface area contributed by atoms with Crippen LogP contribution >= 0.6 is 11.8 Å². The molecule has 0 aromatic rings. The quantitative estimate of drug-likeness (QED) is 0.421. The van der Waals surface area contributed by atoms with E-state index in [9.17, 15) is 0 Å². The summed E-state index contributed by atoms with van der Waals surface area (Å²) < 4.78 is 0. The van der Waals surface area contributed by atoms with Crippen LogP contribution in [0.1, 0.15) is 26.2 Å². The zero-order valence-electron chi connectivity index (χ0n) is 6.86. The lowest BCUT2D eigenvalue weighted by Gasteiger charge is -1.98. The fraction of sp³-hybridized carbons (Fsp3) is 0.667. The third kappa shape index (κ3) is 8.09. The maximum atomic E-state index is 3.85. The summed E-state index contributed by atoms with van der Waals surface area (Å²) in [4.78, 5) is 0. The summed E-state index contributed by atoms with van der Waals surface area (Å²) in [6.45, 7) is 9.71. The molecule has 0 heterocycles.